The number of halogens is 2. The number of nitrogens with two attached hydrogens (primary N) is 1. The molecule has 1 aromatic rings. The van der Waals surface area contributed by atoms with E-state index >= 15 is 0 Å². The van der Waals surface area contributed by atoms with Crippen LogP contribution in [0.5, 0.6) is 0 Å². The molecule has 2 nitrogen and oxygen atoms in total. The summed E-state index contributed by atoms with van der Waals surface area (Å²) in [5.41, 5.74) is 6.46. The van der Waals surface area contributed by atoms with Crippen molar-refractivity contribution < 1.29 is 4.39 Å². The quantitative estimate of drug-likeness (QED) is 0.780. The molecule has 0 heterocycles. The van der Waals surface area contributed by atoms with Gasteiger partial charge in [-0.1, -0.05) is 17.7 Å². The van der Waals surface area contributed by atoms with Gasteiger partial charge in [0.25, 0.3) is 0 Å². The molecule has 0 saturated heterocycles. The smallest absolute Gasteiger partial charge is 0.141 e. The maximum Gasteiger partial charge on any atom is 0.141 e. The van der Waals surface area contributed by atoms with E-state index in [0.717, 1.165) is 38.0 Å². The van der Waals surface area contributed by atoms with Crippen LogP contribution in [0.2, 0.25) is 5.02 Å². The minimum Gasteiger partial charge on any atom is -0.330 e. The summed E-state index contributed by atoms with van der Waals surface area (Å²) in [6.07, 6.45) is 2.12. The first-order chi connectivity index (χ1) is 7.63. The van der Waals surface area contributed by atoms with Gasteiger partial charge >= 0.3 is 0 Å². The molecule has 0 unspecified atom stereocenters. The summed E-state index contributed by atoms with van der Waals surface area (Å²) in [5, 5.41) is 0.188. The zero-order valence-electron chi connectivity index (χ0n) is 9.55. The van der Waals surface area contributed by atoms with E-state index in [9.17, 15) is 4.39 Å². The van der Waals surface area contributed by atoms with Crippen LogP contribution in [0.4, 0.5) is 4.39 Å². The fourth-order valence-electron chi connectivity index (χ4n) is 1.55. The van der Waals surface area contributed by atoms with Crippen molar-refractivity contribution in [2.24, 2.45) is 5.73 Å². The molecule has 0 atom stereocenters. The summed E-state index contributed by atoms with van der Waals surface area (Å²) in [6.45, 7) is 2.51. The van der Waals surface area contributed by atoms with E-state index in [1.165, 1.54) is 6.07 Å². The Morgan fingerprint density at radius 3 is 2.75 bits per heavy atom. The Morgan fingerprint density at radius 1 is 1.38 bits per heavy atom. The summed E-state index contributed by atoms with van der Waals surface area (Å²) in [7, 11) is 2.04. The Kier molecular flexibility index (Phi) is 5.74. The van der Waals surface area contributed by atoms with Crippen LogP contribution in [0.25, 0.3) is 0 Å². The van der Waals surface area contributed by atoms with E-state index in [-0.39, 0.29) is 10.8 Å². The molecule has 0 radical (unpaired) electrons. The Hall–Kier alpha value is -0.640. The molecule has 0 spiro atoms. The SMILES string of the molecule is CN(CCCCN)Cc1ccc(F)c(Cl)c1. The summed E-state index contributed by atoms with van der Waals surface area (Å²) >= 11 is 5.71. The summed E-state index contributed by atoms with van der Waals surface area (Å²) < 4.78 is 12.9. The maximum atomic E-state index is 12.9. The first kappa shape index (κ1) is 13.4. The van der Waals surface area contributed by atoms with E-state index in [4.69, 9.17) is 17.3 Å². The monoisotopic (exact) mass is 244 g/mol. The average molecular weight is 245 g/mol. The number of hydrogen-bond acceptors (Lipinski definition) is 2. The molecule has 90 valence electrons. The maximum absolute atomic E-state index is 12.9. The first-order valence-corrected chi connectivity index (χ1v) is 5.84. The molecular weight excluding hydrogens is 227 g/mol. The van der Waals surface area contributed by atoms with Crippen molar-refractivity contribution in [2.75, 3.05) is 20.1 Å². The normalized spacial score (nSPS) is 11.1. The largest absolute Gasteiger partial charge is 0.330 e. The van der Waals surface area contributed by atoms with Gasteiger partial charge in [-0.05, 0) is 50.7 Å². The summed E-state index contributed by atoms with van der Waals surface area (Å²) in [4.78, 5) is 2.18. The van der Waals surface area contributed by atoms with E-state index in [0.29, 0.717) is 0 Å². The Labute approximate surface area is 101 Å². The average Bonchev–Trinajstić information content (AvgIpc) is 2.24. The molecule has 1 rings (SSSR count). The van der Waals surface area contributed by atoms with Gasteiger partial charge in [0.15, 0.2) is 0 Å². The molecule has 0 aliphatic carbocycles. The third-order valence-electron chi connectivity index (χ3n) is 2.43. The van der Waals surface area contributed by atoms with Crippen LogP contribution in [-0.2, 0) is 6.54 Å². The van der Waals surface area contributed by atoms with E-state index in [2.05, 4.69) is 4.90 Å². The van der Waals surface area contributed by atoms with Gasteiger partial charge in [-0.15, -0.1) is 0 Å². The van der Waals surface area contributed by atoms with Crippen molar-refractivity contribution in [1.82, 2.24) is 4.90 Å². The van der Waals surface area contributed by atoms with Gasteiger partial charge in [0, 0.05) is 6.54 Å². The van der Waals surface area contributed by atoms with Gasteiger partial charge < -0.3 is 10.6 Å². The lowest BCUT2D eigenvalue weighted by Crippen LogP contribution is -2.19. The van der Waals surface area contributed by atoms with Crippen LogP contribution in [-0.4, -0.2) is 25.0 Å². The summed E-state index contributed by atoms with van der Waals surface area (Å²) in [6, 6.07) is 4.85. The standard InChI is InChI=1S/C12H18ClFN2/c1-16(7-3-2-6-15)9-10-4-5-12(14)11(13)8-10/h4-5,8H,2-3,6-7,9,15H2,1H3. The third-order valence-corrected chi connectivity index (χ3v) is 2.72. The van der Waals surface area contributed by atoms with Crippen LogP contribution >= 0.6 is 11.6 Å². The highest BCUT2D eigenvalue weighted by molar-refractivity contribution is 6.30. The first-order valence-electron chi connectivity index (χ1n) is 5.46. The lowest BCUT2D eigenvalue weighted by atomic mass is 10.2. The van der Waals surface area contributed by atoms with Crippen molar-refractivity contribution in [3.63, 3.8) is 0 Å². The van der Waals surface area contributed by atoms with Crippen molar-refractivity contribution in [2.45, 2.75) is 19.4 Å². The fraction of sp³-hybridized carbons (Fsp3) is 0.500. The topological polar surface area (TPSA) is 29.3 Å². The van der Waals surface area contributed by atoms with Crippen molar-refractivity contribution in [3.05, 3.63) is 34.6 Å². The van der Waals surface area contributed by atoms with E-state index in [1.54, 1.807) is 12.1 Å². The van der Waals surface area contributed by atoms with Crippen LogP contribution in [0.1, 0.15) is 18.4 Å². The second-order valence-corrected chi connectivity index (χ2v) is 4.39. The molecule has 0 aliphatic heterocycles. The highest BCUT2D eigenvalue weighted by Crippen LogP contribution is 2.16. The fourth-order valence-corrected chi connectivity index (χ4v) is 1.76. The molecule has 0 fully saturated rings. The second kappa shape index (κ2) is 6.84. The molecule has 2 N–H and O–H groups in total. The lowest BCUT2D eigenvalue weighted by Gasteiger charge is -2.16. The molecule has 0 saturated carbocycles. The van der Waals surface area contributed by atoms with Crippen LogP contribution in [0, 0.1) is 5.82 Å². The Bertz CT molecular complexity index is 331. The highest BCUT2D eigenvalue weighted by atomic mass is 35.5. The number of rotatable bonds is 6. The van der Waals surface area contributed by atoms with E-state index < -0.39 is 0 Å². The van der Waals surface area contributed by atoms with Gasteiger partial charge in [-0.2, -0.15) is 0 Å². The van der Waals surface area contributed by atoms with Crippen molar-refractivity contribution in [1.29, 1.82) is 0 Å². The third kappa shape index (κ3) is 4.47. The van der Waals surface area contributed by atoms with Gasteiger partial charge in [-0.25, -0.2) is 4.39 Å². The number of benzene rings is 1. The molecule has 0 aromatic heterocycles. The predicted octanol–water partition coefficient (Wildman–Crippen LogP) is 2.65. The molecule has 0 aliphatic rings. The Morgan fingerprint density at radius 2 is 2.12 bits per heavy atom. The van der Waals surface area contributed by atoms with Gasteiger partial charge in [0.05, 0.1) is 5.02 Å². The van der Waals surface area contributed by atoms with Gasteiger partial charge in [0.1, 0.15) is 5.82 Å². The minimum absolute atomic E-state index is 0.188. The second-order valence-electron chi connectivity index (χ2n) is 3.98. The van der Waals surface area contributed by atoms with Crippen LogP contribution < -0.4 is 5.73 Å². The van der Waals surface area contributed by atoms with Crippen LogP contribution in [0.15, 0.2) is 18.2 Å². The summed E-state index contributed by atoms with van der Waals surface area (Å²) in [5.74, 6) is -0.365. The molecule has 0 amide bonds. The number of nitrogens with zero attached hydrogens (tertiary/aromatic N) is 1. The lowest BCUT2D eigenvalue weighted by molar-refractivity contribution is 0.319. The minimum atomic E-state index is -0.365. The Balaban J connectivity index is 2.43. The van der Waals surface area contributed by atoms with Gasteiger partial charge in [-0.3, -0.25) is 0 Å². The highest BCUT2D eigenvalue weighted by Gasteiger charge is 2.03. The number of unbranched alkanes of at least 4 members (excludes halogenated alkanes) is 1. The zero-order valence-corrected chi connectivity index (χ0v) is 10.3. The molecule has 0 bridgehead atoms. The predicted molar refractivity (Wildman–Crippen MR) is 66.0 cm³/mol. The van der Waals surface area contributed by atoms with Gasteiger partial charge in [0.2, 0.25) is 0 Å². The molecular formula is C12H18ClFN2. The number of hydrogen-bond donors (Lipinski definition) is 1. The van der Waals surface area contributed by atoms with Crippen molar-refractivity contribution in [3.8, 4) is 0 Å². The van der Waals surface area contributed by atoms with Crippen molar-refractivity contribution >= 4 is 11.6 Å². The molecule has 1 aromatic carbocycles. The zero-order chi connectivity index (χ0) is 12.0. The molecule has 4 heteroatoms. The van der Waals surface area contributed by atoms with Crippen LogP contribution in [0.3, 0.4) is 0 Å². The van der Waals surface area contributed by atoms with E-state index in [1.807, 2.05) is 7.05 Å². The molecule has 16 heavy (non-hydrogen) atoms.